The molecule has 1 amide bonds. The first kappa shape index (κ1) is 24.5. The molecule has 7 heteroatoms. The highest BCUT2D eigenvalue weighted by molar-refractivity contribution is 5.80. The molecule has 1 unspecified atom stereocenters. The predicted octanol–water partition coefficient (Wildman–Crippen LogP) is 4.53. The first-order valence-electron chi connectivity index (χ1n) is 10.3. The van der Waals surface area contributed by atoms with Crippen molar-refractivity contribution in [1.82, 2.24) is 5.32 Å². The average Bonchev–Trinajstić information content (AvgIpc) is 2.74. The van der Waals surface area contributed by atoms with Gasteiger partial charge in [-0.05, 0) is 54.1 Å². The van der Waals surface area contributed by atoms with Gasteiger partial charge in [0.15, 0.2) is 0 Å². The summed E-state index contributed by atoms with van der Waals surface area (Å²) in [5.74, 6) is -1.27. The highest BCUT2D eigenvalue weighted by Crippen LogP contribution is 2.21. The second kappa shape index (κ2) is 11.6. The number of benzene rings is 2. The van der Waals surface area contributed by atoms with Crippen LogP contribution < -0.4 is 11.1 Å². The Labute approximate surface area is 182 Å². The van der Waals surface area contributed by atoms with Gasteiger partial charge in [0.05, 0.1) is 0 Å². The van der Waals surface area contributed by atoms with Crippen molar-refractivity contribution in [2.45, 2.75) is 52.2 Å². The van der Waals surface area contributed by atoms with Gasteiger partial charge in [-0.1, -0.05) is 44.2 Å². The summed E-state index contributed by atoms with van der Waals surface area (Å²) in [4.78, 5) is 24.8. The fourth-order valence-corrected chi connectivity index (χ4v) is 3.03. The van der Waals surface area contributed by atoms with E-state index in [9.17, 15) is 18.4 Å². The second-order valence-corrected chi connectivity index (χ2v) is 8.45. The van der Waals surface area contributed by atoms with E-state index in [1.54, 1.807) is 0 Å². The maximum absolute atomic E-state index is 14.1. The SMILES string of the molecule is CC(C)(CN)CCC(=O)CC(Cc1cc(F)ccc1F)NC(=O)OCc1ccccc1. The lowest BCUT2D eigenvalue weighted by Crippen LogP contribution is -2.38. The minimum absolute atomic E-state index is 0.0168. The van der Waals surface area contributed by atoms with Gasteiger partial charge in [0.1, 0.15) is 24.0 Å². The number of carbonyl (C=O) groups excluding carboxylic acids is 2. The van der Waals surface area contributed by atoms with E-state index < -0.39 is 23.8 Å². The van der Waals surface area contributed by atoms with Gasteiger partial charge in [-0.25, -0.2) is 13.6 Å². The molecule has 0 saturated carbocycles. The van der Waals surface area contributed by atoms with Gasteiger partial charge in [0, 0.05) is 18.9 Å². The van der Waals surface area contributed by atoms with Gasteiger partial charge in [-0.2, -0.15) is 0 Å². The Morgan fingerprint density at radius 1 is 1.13 bits per heavy atom. The van der Waals surface area contributed by atoms with Crippen molar-refractivity contribution in [3.8, 4) is 0 Å². The summed E-state index contributed by atoms with van der Waals surface area (Å²) in [6.45, 7) is 4.45. The number of alkyl carbamates (subject to hydrolysis) is 1. The lowest BCUT2D eigenvalue weighted by Gasteiger charge is -2.23. The van der Waals surface area contributed by atoms with Crippen LogP contribution in [0, 0.1) is 17.0 Å². The lowest BCUT2D eigenvalue weighted by molar-refractivity contribution is -0.120. The molecule has 0 saturated heterocycles. The summed E-state index contributed by atoms with van der Waals surface area (Å²) in [6, 6.07) is 11.5. The van der Waals surface area contributed by atoms with Crippen molar-refractivity contribution in [2.75, 3.05) is 6.54 Å². The van der Waals surface area contributed by atoms with Crippen LogP contribution in [0.2, 0.25) is 0 Å². The van der Waals surface area contributed by atoms with Crippen molar-refractivity contribution in [3.63, 3.8) is 0 Å². The Morgan fingerprint density at radius 3 is 2.52 bits per heavy atom. The maximum Gasteiger partial charge on any atom is 0.407 e. The molecule has 2 aromatic carbocycles. The van der Waals surface area contributed by atoms with Crippen molar-refractivity contribution in [1.29, 1.82) is 0 Å². The van der Waals surface area contributed by atoms with Gasteiger partial charge < -0.3 is 15.8 Å². The number of rotatable bonds is 11. The number of halogens is 2. The molecule has 3 N–H and O–H groups in total. The van der Waals surface area contributed by atoms with Gasteiger partial charge in [-0.15, -0.1) is 0 Å². The van der Waals surface area contributed by atoms with E-state index in [2.05, 4.69) is 5.32 Å². The van der Waals surface area contributed by atoms with Crippen molar-refractivity contribution >= 4 is 11.9 Å². The largest absolute Gasteiger partial charge is 0.445 e. The molecule has 5 nitrogen and oxygen atoms in total. The number of ether oxygens (including phenoxy) is 1. The third-order valence-corrected chi connectivity index (χ3v) is 5.12. The minimum Gasteiger partial charge on any atom is -0.445 e. The molecule has 2 aromatic rings. The van der Waals surface area contributed by atoms with Crippen LogP contribution in [0.1, 0.15) is 44.2 Å². The normalized spacial score (nSPS) is 12.3. The molecule has 0 aliphatic rings. The van der Waals surface area contributed by atoms with Crippen LogP contribution in [0.3, 0.4) is 0 Å². The zero-order valence-corrected chi connectivity index (χ0v) is 18.0. The number of ketones is 1. The van der Waals surface area contributed by atoms with E-state index in [4.69, 9.17) is 10.5 Å². The Hall–Kier alpha value is -2.80. The van der Waals surface area contributed by atoms with Crippen LogP contribution in [0.15, 0.2) is 48.5 Å². The van der Waals surface area contributed by atoms with E-state index >= 15 is 0 Å². The Bertz CT molecular complexity index is 872. The lowest BCUT2D eigenvalue weighted by atomic mass is 9.86. The predicted molar refractivity (Wildman–Crippen MR) is 115 cm³/mol. The molecule has 0 spiro atoms. The summed E-state index contributed by atoms with van der Waals surface area (Å²) in [6.07, 6.45) is 0.114. The van der Waals surface area contributed by atoms with Crippen molar-refractivity contribution < 1.29 is 23.1 Å². The molecule has 0 aromatic heterocycles. The standard InChI is InChI=1S/C24H30F2N2O3/c1-24(2,16-27)11-10-21(29)14-20(13-18-12-19(25)8-9-22(18)26)28-23(30)31-15-17-6-4-3-5-7-17/h3-9,12,20H,10-11,13-16,27H2,1-2H3,(H,28,30). The van der Waals surface area contributed by atoms with E-state index in [1.165, 1.54) is 0 Å². The monoisotopic (exact) mass is 432 g/mol. The van der Waals surface area contributed by atoms with E-state index in [1.807, 2.05) is 44.2 Å². The molecule has 1 atom stereocenters. The summed E-state index contributed by atoms with van der Waals surface area (Å²) < 4.78 is 32.9. The summed E-state index contributed by atoms with van der Waals surface area (Å²) in [7, 11) is 0. The van der Waals surface area contributed by atoms with E-state index in [0.717, 1.165) is 23.8 Å². The van der Waals surface area contributed by atoms with Gasteiger partial charge in [0.2, 0.25) is 0 Å². The maximum atomic E-state index is 14.1. The third-order valence-electron chi connectivity index (χ3n) is 5.12. The molecule has 0 aliphatic heterocycles. The number of nitrogens with one attached hydrogen (secondary N) is 1. The quantitative estimate of drug-likeness (QED) is 0.547. The van der Waals surface area contributed by atoms with E-state index in [0.29, 0.717) is 13.0 Å². The number of amides is 1. The summed E-state index contributed by atoms with van der Waals surface area (Å²) in [5, 5.41) is 2.63. The first-order valence-corrected chi connectivity index (χ1v) is 10.3. The van der Waals surface area contributed by atoms with Crippen LogP contribution >= 0.6 is 0 Å². The van der Waals surface area contributed by atoms with Gasteiger partial charge in [0.25, 0.3) is 0 Å². The van der Waals surface area contributed by atoms with Crippen molar-refractivity contribution in [3.05, 3.63) is 71.3 Å². The molecule has 2 rings (SSSR count). The Kier molecular flexibility index (Phi) is 9.12. The molecular formula is C24H30F2N2O3. The second-order valence-electron chi connectivity index (χ2n) is 8.45. The number of carbonyl (C=O) groups is 2. The highest BCUT2D eigenvalue weighted by Gasteiger charge is 2.22. The van der Waals surface area contributed by atoms with Gasteiger partial charge in [-0.3, -0.25) is 4.79 Å². The minimum atomic E-state index is -0.729. The Balaban J connectivity index is 2.02. The van der Waals surface area contributed by atoms with E-state index in [-0.39, 0.29) is 42.6 Å². The topological polar surface area (TPSA) is 81.4 Å². The Morgan fingerprint density at radius 2 is 1.84 bits per heavy atom. The zero-order valence-electron chi connectivity index (χ0n) is 18.0. The van der Waals surface area contributed by atoms with Crippen LogP contribution in [0.25, 0.3) is 0 Å². The van der Waals surface area contributed by atoms with Crippen LogP contribution in [0.4, 0.5) is 13.6 Å². The van der Waals surface area contributed by atoms with Crippen LogP contribution in [0.5, 0.6) is 0 Å². The fraction of sp³-hybridized carbons (Fsp3) is 0.417. The van der Waals surface area contributed by atoms with Gasteiger partial charge >= 0.3 is 6.09 Å². The third kappa shape index (κ3) is 8.84. The van der Waals surface area contributed by atoms with Crippen LogP contribution in [-0.4, -0.2) is 24.5 Å². The van der Waals surface area contributed by atoms with Crippen LogP contribution in [-0.2, 0) is 22.6 Å². The van der Waals surface area contributed by atoms with Crippen molar-refractivity contribution in [2.24, 2.45) is 11.1 Å². The molecule has 0 bridgehead atoms. The number of hydrogen-bond donors (Lipinski definition) is 2. The molecule has 0 aliphatic carbocycles. The molecule has 0 radical (unpaired) electrons. The summed E-state index contributed by atoms with van der Waals surface area (Å²) in [5.41, 5.74) is 6.43. The number of nitrogens with two attached hydrogens (primary N) is 1. The molecule has 31 heavy (non-hydrogen) atoms. The molecule has 168 valence electrons. The highest BCUT2D eigenvalue weighted by atomic mass is 19.1. The molecule has 0 heterocycles. The summed E-state index contributed by atoms with van der Waals surface area (Å²) >= 11 is 0. The molecule has 0 fully saturated rings. The molecular weight excluding hydrogens is 402 g/mol. The smallest absolute Gasteiger partial charge is 0.407 e. The zero-order chi connectivity index (χ0) is 22.9. The average molecular weight is 433 g/mol. The fourth-order valence-electron chi connectivity index (χ4n) is 3.03. The number of Topliss-reactive ketones (excluding diaryl/α,β-unsaturated/α-hetero) is 1. The first-order chi connectivity index (χ1) is 14.7. The number of hydrogen-bond acceptors (Lipinski definition) is 4.